The molecule has 2 rings (SSSR count). The lowest BCUT2D eigenvalue weighted by atomic mass is 10.2. The van der Waals surface area contributed by atoms with Crippen molar-refractivity contribution < 1.29 is 13.2 Å². The van der Waals surface area contributed by atoms with Gasteiger partial charge >= 0.3 is 0 Å². The number of benzene rings is 2. The molecule has 4 heteroatoms. The van der Waals surface area contributed by atoms with Crippen molar-refractivity contribution in [1.29, 1.82) is 0 Å². The summed E-state index contributed by atoms with van der Waals surface area (Å²) < 4.78 is 39.4. The molecular formula is C13H10F3N. The lowest BCUT2D eigenvalue weighted by Crippen LogP contribution is -2.04. The Labute approximate surface area is 96.9 Å². The molecule has 17 heavy (non-hydrogen) atoms. The Balaban J connectivity index is 2.13. The molecule has 2 aromatic carbocycles. The number of hydrogen-bond acceptors (Lipinski definition) is 1. The molecule has 0 amide bonds. The van der Waals surface area contributed by atoms with Crippen molar-refractivity contribution in [3.8, 4) is 0 Å². The minimum atomic E-state index is -0.955. The van der Waals surface area contributed by atoms with E-state index in [-0.39, 0.29) is 18.0 Å². The van der Waals surface area contributed by atoms with Gasteiger partial charge in [-0.05, 0) is 18.2 Å². The van der Waals surface area contributed by atoms with Crippen LogP contribution < -0.4 is 5.32 Å². The highest BCUT2D eigenvalue weighted by molar-refractivity contribution is 5.45. The Morgan fingerprint density at radius 2 is 1.53 bits per heavy atom. The van der Waals surface area contributed by atoms with Gasteiger partial charge in [-0.1, -0.05) is 24.3 Å². The van der Waals surface area contributed by atoms with E-state index in [1.165, 1.54) is 18.2 Å². The Morgan fingerprint density at radius 3 is 2.29 bits per heavy atom. The van der Waals surface area contributed by atoms with Crippen LogP contribution in [0.1, 0.15) is 5.56 Å². The van der Waals surface area contributed by atoms with E-state index < -0.39 is 11.6 Å². The van der Waals surface area contributed by atoms with Gasteiger partial charge in [-0.25, -0.2) is 13.2 Å². The van der Waals surface area contributed by atoms with Crippen LogP contribution in [0.15, 0.2) is 42.5 Å². The van der Waals surface area contributed by atoms with Crippen LogP contribution in [0, 0.1) is 17.5 Å². The Morgan fingerprint density at radius 1 is 0.824 bits per heavy atom. The number of anilines is 1. The van der Waals surface area contributed by atoms with E-state index in [2.05, 4.69) is 5.32 Å². The van der Waals surface area contributed by atoms with Crippen molar-refractivity contribution in [2.24, 2.45) is 0 Å². The Bertz CT molecular complexity index is 526. The van der Waals surface area contributed by atoms with Crippen molar-refractivity contribution in [2.75, 3.05) is 5.32 Å². The zero-order chi connectivity index (χ0) is 12.3. The van der Waals surface area contributed by atoms with E-state index in [0.29, 0.717) is 5.56 Å². The summed E-state index contributed by atoms with van der Waals surface area (Å²) in [6, 6.07) is 9.98. The van der Waals surface area contributed by atoms with E-state index in [0.717, 1.165) is 6.07 Å². The molecule has 0 unspecified atom stereocenters. The van der Waals surface area contributed by atoms with Crippen LogP contribution in [-0.2, 0) is 6.54 Å². The van der Waals surface area contributed by atoms with Crippen LogP contribution in [-0.4, -0.2) is 0 Å². The summed E-state index contributed by atoms with van der Waals surface area (Å²) in [5.74, 6) is -2.26. The average Bonchev–Trinajstić information content (AvgIpc) is 2.33. The highest BCUT2D eigenvalue weighted by atomic mass is 19.2. The van der Waals surface area contributed by atoms with E-state index in [9.17, 15) is 13.2 Å². The second-order valence-corrected chi connectivity index (χ2v) is 3.55. The van der Waals surface area contributed by atoms with Gasteiger partial charge in [-0.15, -0.1) is 0 Å². The molecule has 0 aromatic heterocycles. The predicted molar refractivity (Wildman–Crippen MR) is 60.1 cm³/mol. The first-order chi connectivity index (χ1) is 8.18. The standard InChI is InChI=1S/C13H10F3N/c14-10-5-2-1-4-9(10)8-17-12-7-3-6-11(15)13(12)16/h1-7,17H,8H2. The Kier molecular flexibility index (Phi) is 3.32. The van der Waals surface area contributed by atoms with Crippen LogP contribution in [0.2, 0.25) is 0 Å². The number of hydrogen-bond donors (Lipinski definition) is 1. The van der Waals surface area contributed by atoms with Crippen LogP contribution in [0.25, 0.3) is 0 Å². The van der Waals surface area contributed by atoms with Crippen LogP contribution in [0.5, 0.6) is 0 Å². The molecule has 0 saturated carbocycles. The molecule has 0 radical (unpaired) electrons. The second-order valence-electron chi connectivity index (χ2n) is 3.55. The molecule has 0 aliphatic heterocycles. The predicted octanol–water partition coefficient (Wildman–Crippen LogP) is 3.72. The highest BCUT2D eigenvalue weighted by Gasteiger charge is 2.07. The van der Waals surface area contributed by atoms with Gasteiger partial charge in [0.15, 0.2) is 11.6 Å². The lowest BCUT2D eigenvalue weighted by Gasteiger charge is -2.08. The number of halogens is 3. The second kappa shape index (κ2) is 4.91. The molecule has 2 aromatic rings. The zero-order valence-electron chi connectivity index (χ0n) is 8.88. The molecule has 1 nitrogen and oxygen atoms in total. The van der Waals surface area contributed by atoms with E-state index in [1.807, 2.05) is 0 Å². The smallest absolute Gasteiger partial charge is 0.181 e. The quantitative estimate of drug-likeness (QED) is 0.857. The third-order valence-electron chi connectivity index (χ3n) is 2.38. The SMILES string of the molecule is Fc1ccccc1CNc1cccc(F)c1F. The molecule has 0 saturated heterocycles. The Hall–Kier alpha value is -1.97. The van der Waals surface area contributed by atoms with Crippen molar-refractivity contribution in [3.05, 3.63) is 65.5 Å². The molecule has 0 spiro atoms. The van der Waals surface area contributed by atoms with Crippen molar-refractivity contribution in [2.45, 2.75) is 6.54 Å². The monoisotopic (exact) mass is 237 g/mol. The lowest BCUT2D eigenvalue weighted by molar-refractivity contribution is 0.511. The molecular weight excluding hydrogens is 227 g/mol. The summed E-state index contributed by atoms with van der Waals surface area (Å²) in [5.41, 5.74) is 0.421. The van der Waals surface area contributed by atoms with Crippen LogP contribution >= 0.6 is 0 Å². The normalized spacial score (nSPS) is 10.3. The third kappa shape index (κ3) is 2.58. The maximum atomic E-state index is 13.3. The van der Waals surface area contributed by atoms with Gasteiger partial charge in [-0.3, -0.25) is 0 Å². The molecule has 0 atom stereocenters. The maximum absolute atomic E-state index is 13.3. The summed E-state index contributed by atoms with van der Waals surface area (Å²) in [4.78, 5) is 0. The fourth-order valence-electron chi connectivity index (χ4n) is 1.47. The first kappa shape index (κ1) is 11.5. The van der Waals surface area contributed by atoms with Crippen LogP contribution in [0.3, 0.4) is 0 Å². The van der Waals surface area contributed by atoms with Gasteiger partial charge in [0, 0.05) is 12.1 Å². The minimum absolute atomic E-state index is 0.0215. The average molecular weight is 237 g/mol. The fourth-order valence-corrected chi connectivity index (χ4v) is 1.47. The van der Waals surface area contributed by atoms with E-state index in [1.54, 1.807) is 18.2 Å². The van der Waals surface area contributed by atoms with Gasteiger partial charge in [0.1, 0.15) is 5.82 Å². The molecule has 88 valence electrons. The van der Waals surface area contributed by atoms with Gasteiger partial charge < -0.3 is 5.32 Å². The van der Waals surface area contributed by atoms with E-state index >= 15 is 0 Å². The molecule has 0 fully saturated rings. The third-order valence-corrected chi connectivity index (χ3v) is 2.38. The summed E-state index contributed by atoms with van der Waals surface area (Å²) in [7, 11) is 0. The molecule has 0 aliphatic carbocycles. The van der Waals surface area contributed by atoms with Crippen molar-refractivity contribution >= 4 is 5.69 Å². The fraction of sp³-hybridized carbons (Fsp3) is 0.0769. The van der Waals surface area contributed by atoms with Gasteiger partial charge in [0.25, 0.3) is 0 Å². The highest BCUT2D eigenvalue weighted by Crippen LogP contribution is 2.18. The summed E-state index contributed by atoms with van der Waals surface area (Å²) in [5, 5.41) is 2.66. The van der Waals surface area contributed by atoms with E-state index in [4.69, 9.17) is 0 Å². The van der Waals surface area contributed by atoms with Gasteiger partial charge in [0.2, 0.25) is 0 Å². The molecule has 1 N–H and O–H groups in total. The van der Waals surface area contributed by atoms with Crippen molar-refractivity contribution in [1.82, 2.24) is 0 Å². The van der Waals surface area contributed by atoms with Crippen molar-refractivity contribution in [3.63, 3.8) is 0 Å². The molecule has 0 heterocycles. The topological polar surface area (TPSA) is 12.0 Å². The molecule has 0 bridgehead atoms. The zero-order valence-corrected chi connectivity index (χ0v) is 8.88. The summed E-state index contributed by atoms with van der Waals surface area (Å²) in [6.45, 7) is 0.104. The maximum Gasteiger partial charge on any atom is 0.181 e. The minimum Gasteiger partial charge on any atom is -0.378 e. The molecule has 0 aliphatic rings. The van der Waals surface area contributed by atoms with Crippen LogP contribution in [0.4, 0.5) is 18.9 Å². The first-order valence-corrected chi connectivity index (χ1v) is 5.10. The van der Waals surface area contributed by atoms with Gasteiger partial charge in [-0.2, -0.15) is 0 Å². The first-order valence-electron chi connectivity index (χ1n) is 5.10. The van der Waals surface area contributed by atoms with Gasteiger partial charge in [0.05, 0.1) is 5.69 Å². The summed E-state index contributed by atoms with van der Waals surface area (Å²) >= 11 is 0. The number of nitrogens with one attached hydrogen (secondary N) is 1. The number of rotatable bonds is 3. The summed E-state index contributed by atoms with van der Waals surface area (Å²) in [6.07, 6.45) is 0. The largest absolute Gasteiger partial charge is 0.378 e.